The normalized spacial score (nSPS) is 30.5. The van der Waals surface area contributed by atoms with Crippen molar-refractivity contribution in [2.45, 2.75) is 64.1 Å². The Labute approximate surface area is 158 Å². The van der Waals surface area contributed by atoms with Gasteiger partial charge in [-0.3, -0.25) is 15.6 Å². The molecule has 1 amide bonds. The summed E-state index contributed by atoms with van der Waals surface area (Å²) in [5.41, 5.74) is 8.76. The van der Waals surface area contributed by atoms with E-state index >= 15 is 0 Å². The SMILES string of the molecule is Cc1nc(C(=O)NC2CCC3NNC(C4CC4)C3C2)c(Cl)c(C)c1C#N. The first kappa shape index (κ1) is 17.7. The van der Waals surface area contributed by atoms with Crippen LogP contribution in [0.25, 0.3) is 0 Å². The lowest BCUT2D eigenvalue weighted by atomic mass is 9.78. The Bertz CT molecular complexity index is 785. The summed E-state index contributed by atoms with van der Waals surface area (Å²) in [5.74, 6) is 1.11. The smallest absolute Gasteiger partial charge is 0.271 e. The van der Waals surface area contributed by atoms with Gasteiger partial charge in [0.15, 0.2) is 0 Å². The van der Waals surface area contributed by atoms with Gasteiger partial charge in [0.05, 0.1) is 16.3 Å². The molecule has 4 atom stereocenters. The minimum Gasteiger partial charge on any atom is -0.348 e. The third-order valence-electron chi connectivity index (χ3n) is 6.14. The summed E-state index contributed by atoms with van der Waals surface area (Å²) in [7, 11) is 0. The number of aryl methyl sites for hydroxylation is 1. The summed E-state index contributed by atoms with van der Waals surface area (Å²) < 4.78 is 0. The molecular formula is C19H24ClN5O. The molecule has 2 aliphatic carbocycles. The third kappa shape index (κ3) is 3.09. The molecule has 7 heteroatoms. The van der Waals surface area contributed by atoms with E-state index in [-0.39, 0.29) is 22.7 Å². The first-order valence-electron chi connectivity index (χ1n) is 9.38. The number of nitrogens with one attached hydrogen (secondary N) is 3. The molecule has 3 aliphatic rings. The third-order valence-corrected chi connectivity index (χ3v) is 6.60. The maximum Gasteiger partial charge on any atom is 0.271 e. The Balaban J connectivity index is 1.48. The molecule has 1 aromatic heterocycles. The number of hydrogen-bond acceptors (Lipinski definition) is 5. The molecule has 2 heterocycles. The maximum atomic E-state index is 12.8. The average molecular weight is 374 g/mol. The highest BCUT2D eigenvalue weighted by Gasteiger charge is 2.46. The fourth-order valence-electron chi connectivity index (χ4n) is 4.55. The van der Waals surface area contributed by atoms with E-state index in [9.17, 15) is 10.1 Å². The molecule has 4 rings (SSSR count). The number of carbonyl (C=O) groups excluding carboxylic acids is 1. The van der Waals surface area contributed by atoms with Crippen LogP contribution in [0.5, 0.6) is 0 Å². The van der Waals surface area contributed by atoms with Gasteiger partial charge in [-0.15, -0.1) is 0 Å². The number of nitriles is 1. The lowest BCUT2D eigenvalue weighted by Gasteiger charge is -2.33. The van der Waals surface area contributed by atoms with E-state index < -0.39 is 0 Å². The summed E-state index contributed by atoms with van der Waals surface area (Å²) in [6, 6.07) is 3.28. The molecule has 6 nitrogen and oxygen atoms in total. The van der Waals surface area contributed by atoms with Gasteiger partial charge in [0, 0.05) is 18.1 Å². The van der Waals surface area contributed by atoms with Crippen molar-refractivity contribution < 1.29 is 4.79 Å². The Morgan fingerprint density at radius 1 is 1.27 bits per heavy atom. The highest BCUT2D eigenvalue weighted by atomic mass is 35.5. The number of rotatable bonds is 3. The summed E-state index contributed by atoms with van der Waals surface area (Å²) in [5, 5.41) is 12.6. The summed E-state index contributed by atoms with van der Waals surface area (Å²) in [4.78, 5) is 17.1. The van der Waals surface area contributed by atoms with Crippen LogP contribution in [0.2, 0.25) is 5.02 Å². The van der Waals surface area contributed by atoms with Gasteiger partial charge >= 0.3 is 0 Å². The highest BCUT2D eigenvalue weighted by Crippen LogP contribution is 2.42. The number of aromatic nitrogens is 1. The molecule has 1 saturated heterocycles. The number of nitrogens with zero attached hydrogens (tertiary/aromatic N) is 2. The van der Waals surface area contributed by atoms with Crippen molar-refractivity contribution in [3.63, 3.8) is 0 Å². The molecule has 0 aromatic carbocycles. The zero-order valence-corrected chi connectivity index (χ0v) is 15.9. The first-order valence-corrected chi connectivity index (χ1v) is 9.76. The highest BCUT2D eigenvalue weighted by molar-refractivity contribution is 6.34. The van der Waals surface area contributed by atoms with Gasteiger partial charge in [-0.25, -0.2) is 4.98 Å². The van der Waals surface area contributed by atoms with Crippen LogP contribution in [0, 0.1) is 37.0 Å². The molecule has 0 bridgehead atoms. The molecule has 1 aromatic rings. The molecule has 2 saturated carbocycles. The van der Waals surface area contributed by atoms with Crippen molar-refractivity contribution >= 4 is 17.5 Å². The predicted octanol–water partition coefficient (Wildman–Crippen LogP) is 2.38. The van der Waals surface area contributed by atoms with Crippen LogP contribution in [0.4, 0.5) is 0 Å². The Hall–Kier alpha value is -1.68. The Kier molecular flexibility index (Phi) is 4.64. The molecule has 26 heavy (non-hydrogen) atoms. The molecular weight excluding hydrogens is 350 g/mol. The number of hydrazine groups is 1. The van der Waals surface area contributed by atoms with Gasteiger partial charge in [-0.1, -0.05) is 11.6 Å². The molecule has 0 spiro atoms. The summed E-state index contributed by atoms with van der Waals surface area (Å²) in [6.07, 6.45) is 5.60. The van der Waals surface area contributed by atoms with Gasteiger partial charge in [0.2, 0.25) is 0 Å². The van der Waals surface area contributed by atoms with Crippen molar-refractivity contribution in [2.24, 2.45) is 11.8 Å². The van der Waals surface area contributed by atoms with E-state index in [4.69, 9.17) is 11.6 Å². The average Bonchev–Trinajstić information content (AvgIpc) is 3.38. The second kappa shape index (κ2) is 6.80. The Morgan fingerprint density at radius 2 is 2.04 bits per heavy atom. The largest absolute Gasteiger partial charge is 0.348 e. The second-order valence-electron chi connectivity index (χ2n) is 7.88. The topological polar surface area (TPSA) is 89.8 Å². The molecule has 1 aliphatic heterocycles. The fraction of sp³-hybridized carbons (Fsp3) is 0.632. The molecule has 3 fully saturated rings. The standard InChI is InChI=1S/C19H24ClN5O/c1-9-14(8-21)10(2)22-18(16(9)20)19(26)23-12-5-6-15-13(7-12)17(25-24-15)11-3-4-11/h11-13,15,17,24-25H,3-7H2,1-2H3,(H,23,26). The first-order chi connectivity index (χ1) is 12.5. The minimum absolute atomic E-state index is 0.140. The minimum atomic E-state index is -0.240. The summed E-state index contributed by atoms with van der Waals surface area (Å²) in [6.45, 7) is 3.49. The lowest BCUT2D eigenvalue weighted by molar-refractivity contribution is 0.0909. The van der Waals surface area contributed by atoms with E-state index in [1.165, 1.54) is 12.8 Å². The van der Waals surface area contributed by atoms with E-state index in [0.29, 0.717) is 34.8 Å². The molecule has 138 valence electrons. The van der Waals surface area contributed by atoms with Crippen LogP contribution in [0.1, 0.15) is 59.4 Å². The number of hydrogen-bond donors (Lipinski definition) is 3. The van der Waals surface area contributed by atoms with Crippen molar-refractivity contribution in [3.8, 4) is 6.07 Å². The van der Waals surface area contributed by atoms with E-state index in [1.807, 2.05) is 0 Å². The van der Waals surface area contributed by atoms with E-state index in [2.05, 4.69) is 27.2 Å². The Morgan fingerprint density at radius 3 is 2.73 bits per heavy atom. The van der Waals surface area contributed by atoms with Crippen molar-refractivity contribution in [1.29, 1.82) is 5.26 Å². The molecule has 3 N–H and O–H groups in total. The van der Waals surface area contributed by atoms with Crippen LogP contribution in [-0.2, 0) is 0 Å². The number of halogens is 1. The van der Waals surface area contributed by atoms with Crippen LogP contribution in [0.15, 0.2) is 0 Å². The second-order valence-corrected chi connectivity index (χ2v) is 8.26. The molecule has 0 radical (unpaired) electrons. The van der Waals surface area contributed by atoms with E-state index in [1.54, 1.807) is 13.8 Å². The van der Waals surface area contributed by atoms with Crippen LogP contribution in [0.3, 0.4) is 0 Å². The summed E-state index contributed by atoms with van der Waals surface area (Å²) >= 11 is 6.33. The van der Waals surface area contributed by atoms with Crippen molar-refractivity contribution in [1.82, 2.24) is 21.2 Å². The van der Waals surface area contributed by atoms with Crippen LogP contribution in [-0.4, -0.2) is 29.0 Å². The van der Waals surface area contributed by atoms with Gasteiger partial charge in [0.1, 0.15) is 11.8 Å². The van der Waals surface area contributed by atoms with Crippen molar-refractivity contribution in [3.05, 3.63) is 27.5 Å². The lowest BCUT2D eigenvalue weighted by Crippen LogP contribution is -2.45. The van der Waals surface area contributed by atoms with Gasteiger partial charge < -0.3 is 5.32 Å². The number of amides is 1. The van der Waals surface area contributed by atoms with Crippen molar-refractivity contribution in [2.75, 3.05) is 0 Å². The van der Waals surface area contributed by atoms with Crippen LogP contribution < -0.4 is 16.2 Å². The van der Waals surface area contributed by atoms with E-state index in [0.717, 1.165) is 25.2 Å². The molecule has 4 unspecified atom stereocenters. The van der Waals surface area contributed by atoms with Gasteiger partial charge in [-0.2, -0.15) is 5.26 Å². The zero-order valence-electron chi connectivity index (χ0n) is 15.1. The number of pyridine rings is 1. The zero-order chi connectivity index (χ0) is 18.4. The quantitative estimate of drug-likeness (QED) is 0.756. The monoisotopic (exact) mass is 373 g/mol. The maximum absolute atomic E-state index is 12.8. The van der Waals surface area contributed by atoms with Gasteiger partial charge in [-0.05, 0) is 63.4 Å². The van der Waals surface area contributed by atoms with Crippen LogP contribution >= 0.6 is 11.6 Å². The number of fused-ring (bicyclic) bond motifs is 1. The predicted molar refractivity (Wildman–Crippen MR) is 98.6 cm³/mol. The fourth-order valence-corrected chi connectivity index (χ4v) is 4.77. The van der Waals surface area contributed by atoms with Gasteiger partial charge in [0.25, 0.3) is 5.91 Å². The number of carbonyl (C=O) groups is 1.